The zero-order chi connectivity index (χ0) is 19.7. The minimum atomic E-state index is -3.73. The molecule has 0 heterocycles. The standard InChI is InChI=1S/C19H24N2O4S2/c1-14(2)20-26(22,23)18-11-8-17(9-12-18)21-27(24,25)19-10-7-15-5-3-4-6-16(15)13-19/h7-14,20-21H,3-6H2,1-2H3. The molecule has 1 aliphatic carbocycles. The van der Waals surface area contributed by atoms with E-state index in [0.29, 0.717) is 5.69 Å². The number of rotatable bonds is 6. The predicted molar refractivity (Wildman–Crippen MR) is 106 cm³/mol. The van der Waals surface area contributed by atoms with Crippen molar-refractivity contribution in [3.05, 3.63) is 53.6 Å². The third-order valence-corrected chi connectivity index (χ3v) is 7.49. The normalized spacial score (nSPS) is 14.8. The van der Waals surface area contributed by atoms with Gasteiger partial charge in [0.25, 0.3) is 10.0 Å². The molecule has 0 saturated heterocycles. The largest absolute Gasteiger partial charge is 0.280 e. The summed E-state index contributed by atoms with van der Waals surface area (Å²) in [6.07, 6.45) is 4.10. The van der Waals surface area contributed by atoms with Crippen LogP contribution in [0.4, 0.5) is 5.69 Å². The average Bonchev–Trinajstić information content (AvgIpc) is 2.60. The van der Waals surface area contributed by atoms with Crippen molar-refractivity contribution in [1.29, 1.82) is 0 Å². The molecule has 27 heavy (non-hydrogen) atoms. The molecule has 0 fully saturated rings. The summed E-state index contributed by atoms with van der Waals surface area (Å²) in [5.74, 6) is 0. The van der Waals surface area contributed by atoms with Crippen molar-refractivity contribution >= 4 is 25.7 Å². The van der Waals surface area contributed by atoms with Gasteiger partial charge in [-0.3, -0.25) is 4.72 Å². The summed E-state index contributed by atoms with van der Waals surface area (Å²) in [4.78, 5) is 0.314. The second-order valence-corrected chi connectivity index (χ2v) is 10.4. The van der Waals surface area contributed by atoms with E-state index in [1.807, 2.05) is 6.07 Å². The van der Waals surface area contributed by atoms with Gasteiger partial charge in [0.2, 0.25) is 10.0 Å². The molecule has 8 heteroatoms. The molecule has 0 aliphatic heterocycles. The Morgan fingerprint density at radius 1 is 0.778 bits per heavy atom. The van der Waals surface area contributed by atoms with Crippen LogP contribution in [0.25, 0.3) is 0 Å². The molecule has 0 spiro atoms. The topological polar surface area (TPSA) is 92.3 Å². The van der Waals surface area contributed by atoms with Gasteiger partial charge in [0.05, 0.1) is 9.79 Å². The molecule has 0 unspecified atom stereocenters. The molecule has 0 saturated carbocycles. The first-order valence-electron chi connectivity index (χ1n) is 8.94. The van der Waals surface area contributed by atoms with Gasteiger partial charge in [-0.2, -0.15) is 0 Å². The number of nitrogens with one attached hydrogen (secondary N) is 2. The van der Waals surface area contributed by atoms with E-state index in [2.05, 4.69) is 9.44 Å². The second-order valence-electron chi connectivity index (χ2n) is 7.04. The number of hydrogen-bond acceptors (Lipinski definition) is 4. The third-order valence-electron chi connectivity index (χ3n) is 4.44. The summed E-state index contributed by atoms with van der Waals surface area (Å²) in [5.41, 5.74) is 2.62. The SMILES string of the molecule is CC(C)NS(=O)(=O)c1ccc(NS(=O)(=O)c2ccc3c(c2)CCCC3)cc1. The smallest absolute Gasteiger partial charge is 0.261 e. The first kappa shape index (κ1) is 19.9. The van der Waals surface area contributed by atoms with E-state index in [9.17, 15) is 16.8 Å². The molecule has 2 aromatic rings. The van der Waals surface area contributed by atoms with Gasteiger partial charge in [0.15, 0.2) is 0 Å². The number of aryl methyl sites for hydroxylation is 2. The Morgan fingerprint density at radius 2 is 1.37 bits per heavy atom. The van der Waals surface area contributed by atoms with Crippen molar-refractivity contribution in [1.82, 2.24) is 4.72 Å². The Morgan fingerprint density at radius 3 is 2.00 bits per heavy atom. The lowest BCUT2D eigenvalue weighted by Crippen LogP contribution is -2.30. The first-order chi connectivity index (χ1) is 12.7. The highest BCUT2D eigenvalue weighted by atomic mass is 32.2. The molecule has 146 valence electrons. The third kappa shape index (κ3) is 4.69. The van der Waals surface area contributed by atoms with Crippen molar-refractivity contribution in [2.75, 3.05) is 4.72 Å². The van der Waals surface area contributed by atoms with Gasteiger partial charge in [-0.05, 0) is 87.1 Å². The number of anilines is 1. The highest BCUT2D eigenvalue weighted by Crippen LogP contribution is 2.25. The Hall–Kier alpha value is -1.90. The van der Waals surface area contributed by atoms with Gasteiger partial charge in [0.1, 0.15) is 0 Å². The molecule has 0 radical (unpaired) electrons. The van der Waals surface area contributed by atoms with Crippen molar-refractivity contribution in [3.8, 4) is 0 Å². The molecule has 2 N–H and O–H groups in total. The van der Waals surface area contributed by atoms with Crippen LogP contribution in [0.5, 0.6) is 0 Å². The Bertz CT molecular complexity index is 1030. The molecule has 0 atom stereocenters. The Labute approximate surface area is 161 Å². The summed E-state index contributed by atoms with van der Waals surface area (Å²) in [5, 5.41) is 0. The van der Waals surface area contributed by atoms with E-state index < -0.39 is 20.0 Å². The first-order valence-corrected chi connectivity index (χ1v) is 11.9. The Kier molecular flexibility index (Phi) is 5.60. The number of fused-ring (bicyclic) bond motifs is 1. The maximum Gasteiger partial charge on any atom is 0.261 e. The number of sulfonamides is 2. The lowest BCUT2D eigenvalue weighted by Gasteiger charge is -2.17. The van der Waals surface area contributed by atoms with Crippen molar-refractivity contribution < 1.29 is 16.8 Å². The molecular weight excluding hydrogens is 384 g/mol. The number of hydrogen-bond donors (Lipinski definition) is 2. The molecule has 6 nitrogen and oxygen atoms in total. The summed E-state index contributed by atoms with van der Waals surface area (Å²) in [6.45, 7) is 3.47. The fourth-order valence-electron chi connectivity index (χ4n) is 3.17. The molecular formula is C19H24N2O4S2. The molecule has 1 aliphatic rings. The lowest BCUT2D eigenvalue weighted by molar-refractivity contribution is 0.570. The summed E-state index contributed by atoms with van der Waals surface area (Å²) in [7, 11) is -7.34. The zero-order valence-electron chi connectivity index (χ0n) is 15.4. The van der Waals surface area contributed by atoms with Gasteiger partial charge in [-0.25, -0.2) is 21.6 Å². The van der Waals surface area contributed by atoms with Crippen molar-refractivity contribution in [3.63, 3.8) is 0 Å². The maximum atomic E-state index is 12.7. The highest BCUT2D eigenvalue weighted by Gasteiger charge is 2.19. The fourth-order valence-corrected chi connectivity index (χ4v) is 5.53. The minimum Gasteiger partial charge on any atom is -0.280 e. The fraction of sp³-hybridized carbons (Fsp3) is 0.368. The van der Waals surface area contributed by atoms with Crippen molar-refractivity contribution in [2.24, 2.45) is 0 Å². The van der Waals surface area contributed by atoms with Gasteiger partial charge in [0, 0.05) is 11.7 Å². The summed E-state index contributed by atoms with van der Waals surface area (Å²) >= 11 is 0. The second kappa shape index (κ2) is 7.61. The maximum absolute atomic E-state index is 12.7. The van der Waals surface area contributed by atoms with Crippen LogP contribution < -0.4 is 9.44 Å². The van der Waals surface area contributed by atoms with E-state index in [1.165, 1.54) is 29.8 Å². The average molecular weight is 409 g/mol. The minimum absolute atomic E-state index is 0.0907. The molecule has 0 aromatic heterocycles. The van der Waals surface area contributed by atoms with Crippen LogP contribution in [0.15, 0.2) is 52.3 Å². The van der Waals surface area contributed by atoms with Crippen LogP contribution in [0.2, 0.25) is 0 Å². The molecule has 0 amide bonds. The monoisotopic (exact) mass is 408 g/mol. The molecule has 3 rings (SSSR count). The molecule has 0 bridgehead atoms. The van der Waals surface area contributed by atoms with E-state index in [1.54, 1.807) is 26.0 Å². The highest BCUT2D eigenvalue weighted by molar-refractivity contribution is 7.92. The summed E-state index contributed by atoms with van der Waals surface area (Å²) < 4.78 is 54.6. The van der Waals surface area contributed by atoms with Gasteiger partial charge in [-0.1, -0.05) is 6.07 Å². The van der Waals surface area contributed by atoms with E-state index in [0.717, 1.165) is 31.2 Å². The van der Waals surface area contributed by atoms with Gasteiger partial charge in [-0.15, -0.1) is 0 Å². The van der Waals surface area contributed by atoms with E-state index in [4.69, 9.17) is 0 Å². The lowest BCUT2D eigenvalue weighted by atomic mass is 9.92. The van der Waals surface area contributed by atoms with Gasteiger partial charge >= 0.3 is 0 Å². The van der Waals surface area contributed by atoms with Crippen molar-refractivity contribution in [2.45, 2.75) is 55.4 Å². The van der Waals surface area contributed by atoms with Crippen LogP contribution in [-0.4, -0.2) is 22.9 Å². The van der Waals surface area contributed by atoms with Crippen LogP contribution in [0.3, 0.4) is 0 Å². The van der Waals surface area contributed by atoms with Crippen LogP contribution in [0.1, 0.15) is 37.8 Å². The van der Waals surface area contributed by atoms with Crippen LogP contribution >= 0.6 is 0 Å². The van der Waals surface area contributed by atoms with Gasteiger partial charge < -0.3 is 0 Å². The summed E-state index contributed by atoms with van der Waals surface area (Å²) in [6, 6.07) is 10.7. The predicted octanol–water partition coefficient (Wildman–Crippen LogP) is 3.05. The zero-order valence-corrected chi connectivity index (χ0v) is 17.0. The van der Waals surface area contributed by atoms with E-state index >= 15 is 0 Å². The van der Waals surface area contributed by atoms with E-state index in [-0.39, 0.29) is 15.8 Å². The Balaban J connectivity index is 1.80. The van der Waals surface area contributed by atoms with Crippen LogP contribution in [0, 0.1) is 0 Å². The number of benzene rings is 2. The quantitative estimate of drug-likeness (QED) is 0.768. The molecule has 2 aromatic carbocycles. The van der Waals surface area contributed by atoms with Crippen LogP contribution in [-0.2, 0) is 32.9 Å².